The fourth-order valence-electron chi connectivity index (χ4n) is 0.395. The van der Waals surface area contributed by atoms with Crippen molar-refractivity contribution in [2.45, 2.75) is 26.7 Å². The normalized spacial score (nSPS) is 7.78. The number of rotatable bonds is 1. The van der Waals surface area contributed by atoms with Gasteiger partial charge in [-0.2, -0.15) is 5.26 Å². The van der Waals surface area contributed by atoms with Crippen molar-refractivity contribution in [1.29, 1.82) is 5.26 Å². The zero-order valence-electron chi connectivity index (χ0n) is 5.94. The number of hydrogen-bond donors (Lipinski definition) is 0. The number of nitriles is 1. The molecule has 0 aliphatic rings. The Bertz CT molecular complexity index is 152. The first-order chi connectivity index (χ1) is 4.27. The van der Waals surface area contributed by atoms with Crippen molar-refractivity contribution < 1.29 is 0 Å². The molecule has 0 saturated carbocycles. The van der Waals surface area contributed by atoms with Gasteiger partial charge in [-0.15, -0.1) is 11.8 Å². The third-order valence-electron chi connectivity index (χ3n) is 0.753. The van der Waals surface area contributed by atoms with Crippen LogP contribution in [0.15, 0.2) is 0 Å². The Morgan fingerprint density at radius 3 is 2.44 bits per heavy atom. The molecular formula is C8H11N. The first-order valence-electron chi connectivity index (χ1n) is 3.12. The van der Waals surface area contributed by atoms with Crippen LogP contribution in [0.1, 0.15) is 26.7 Å². The van der Waals surface area contributed by atoms with E-state index >= 15 is 0 Å². The van der Waals surface area contributed by atoms with Gasteiger partial charge in [0.1, 0.15) is 0 Å². The summed E-state index contributed by atoms with van der Waals surface area (Å²) in [5.41, 5.74) is 0. The van der Waals surface area contributed by atoms with Crippen molar-refractivity contribution >= 4 is 0 Å². The Balaban J connectivity index is 3.29. The molecule has 0 bridgehead atoms. The summed E-state index contributed by atoms with van der Waals surface area (Å²) in [6, 6.07) is 2.04. The third-order valence-corrected chi connectivity index (χ3v) is 0.753. The van der Waals surface area contributed by atoms with E-state index in [0.29, 0.717) is 18.8 Å². The largest absolute Gasteiger partial charge is 0.198 e. The molecule has 0 aliphatic heterocycles. The van der Waals surface area contributed by atoms with Crippen molar-refractivity contribution in [3.05, 3.63) is 0 Å². The topological polar surface area (TPSA) is 23.8 Å². The van der Waals surface area contributed by atoms with Gasteiger partial charge in [0.25, 0.3) is 0 Å². The molecule has 1 nitrogen and oxygen atoms in total. The highest BCUT2D eigenvalue weighted by molar-refractivity contribution is 5.02. The van der Waals surface area contributed by atoms with E-state index in [1.807, 2.05) is 19.9 Å². The summed E-state index contributed by atoms with van der Waals surface area (Å²) in [6.07, 6.45) is 1.27. The van der Waals surface area contributed by atoms with Crippen LogP contribution >= 0.6 is 0 Å². The van der Waals surface area contributed by atoms with Gasteiger partial charge in [0.2, 0.25) is 0 Å². The van der Waals surface area contributed by atoms with Gasteiger partial charge in [0.05, 0.1) is 6.07 Å². The quantitative estimate of drug-likeness (QED) is 0.384. The molecule has 9 heavy (non-hydrogen) atoms. The Morgan fingerprint density at radius 1 is 1.33 bits per heavy atom. The lowest BCUT2D eigenvalue weighted by molar-refractivity contribution is 0.863. The smallest absolute Gasteiger partial charge is 0.0631 e. The monoisotopic (exact) mass is 121 g/mol. The second kappa shape index (κ2) is 5.19. The maximum Gasteiger partial charge on any atom is 0.0631 e. The zero-order chi connectivity index (χ0) is 7.11. The minimum atomic E-state index is 0.434. The summed E-state index contributed by atoms with van der Waals surface area (Å²) < 4.78 is 0. The predicted molar refractivity (Wildman–Crippen MR) is 37.5 cm³/mol. The minimum absolute atomic E-state index is 0.434. The van der Waals surface area contributed by atoms with Crippen LogP contribution in [0.4, 0.5) is 0 Å². The summed E-state index contributed by atoms with van der Waals surface area (Å²) in [5, 5.41) is 8.11. The first kappa shape index (κ1) is 8.05. The fourth-order valence-corrected chi connectivity index (χ4v) is 0.395. The van der Waals surface area contributed by atoms with Crippen molar-refractivity contribution in [1.82, 2.24) is 0 Å². The van der Waals surface area contributed by atoms with E-state index in [4.69, 9.17) is 5.26 Å². The highest BCUT2D eigenvalue weighted by Crippen LogP contribution is 1.88. The van der Waals surface area contributed by atoms with Gasteiger partial charge >= 0.3 is 0 Å². The van der Waals surface area contributed by atoms with E-state index in [1.54, 1.807) is 0 Å². The van der Waals surface area contributed by atoms with E-state index in [0.717, 1.165) is 0 Å². The highest BCUT2D eigenvalue weighted by Gasteiger charge is 1.80. The fraction of sp³-hybridized carbons (Fsp3) is 0.625. The molecular weight excluding hydrogens is 110 g/mol. The lowest BCUT2D eigenvalue weighted by atomic mass is 10.2. The van der Waals surface area contributed by atoms with Crippen molar-refractivity contribution in [3.8, 4) is 17.9 Å². The molecule has 0 amide bonds. The molecule has 0 N–H and O–H groups in total. The molecule has 0 atom stereocenters. The molecule has 0 aromatic heterocycles. The second-order valence-corrected chi connectivity index (χ2v) is 2.13. The second-order valence-electron chi connectivity index (χ2n) is 2.13. The van der Waals surface area contributed by atoms with Crippen LogP contribution in [0.25, 0.3) is 0 Å². The van der Waals surface area contributed by atoms with Gasteiger partial charge in [-0.3, -0.25) is 0 Å². The van der Waals surface area contributed by atoms with Gasteiger partial charge < -0.3 is 0 Å². The number of unbranched alkanes of at least 4 members (excludes halogenated alkanes) is 1. The summed E-state index contributed by atoms with van der Waals surface area (Å²) in [7, 11) is 0. The molecule has 0 unspecified atom stereocenters. The van der Waals surface area contributed by atoms with Crippen LogP contribution in [-0.4, -0.2) is 0 Å². The van der Waals surface area contributed by atoms with E-state index in [9.17, 15) is 0 Å². The average Bonchev–Trinajstić information content (AvgIpc) is 1.80. The van der Waals surface area contributed by atoms with Gasteiger partial charge in [-0.05, 0) is 0 Å². The molecule has 0 saturated heterocycles. The number of nitrogens with zero attached hydrogens (tertiary/aromatic N) is 1. The molecule has 48 valence electrons. The van der Waals surface area contributed by atoms with Gasteiger partial charge in [0, 0.05) is 18.8 Å². The summed E-state index contributed by atoms with van der Waals surface area (Å²) in [4.78, 5) is 0. The van der Waals surface area contributed by atoms with Crippen molar-refractivity contribution in [3.63, 3.8) is 0 Å². The van der Waals surface area contributed by atoms with E-state index in [-0.39, 0.29) is 0 Å². The maximum absolute atomic E-state index is 8.11. The van der Waals surface area contributed by atoms with Crippen LogP contribution in [0.2, 0.25) is 0 Å². The highest BCUT2D eigenvalue weighted by atomic mass is 14.2. The Kier molecular flexibility index (Phi) is 4.64. The standard InChI is InChI=1S/C8H11N/c1-8(2)6-4-3-5-7-9/h8H,3,5H2,1-2H3. The van der Waals surface area contributed by atoms with Gasteiger partial charge in [-0.25, -0.2) is 0 Å². The molecule has 0 rings (SSSR count). The first-order valence-corrected chi connectivity index (χ1v) is 3.12. The Labute approximate surface area is 56.7 Å². The Hall–Kier alpha value is -0.950. The molecule has 0 radical (unpaired) electrons. The van der Waals surface area contributed by atoms with Gasteiger partial charge in [-0.1, -0.05) is 13.8 Å². The van der Waals surface area contributed by atoms with Crippen LogP contribution in [0.3, 0.4) is 0 Å². The molecule has 0 fully saturated rings. The van der Waals surface area contributed by atoms with Crippen molar-refractivity contribution in [2.24, 2.45) is 5.92 Å². The summed E-state index contributed by atoms with van der Waals surface area (Å²) in [5.74, 6) is 6.33. The molecule has 0 aliphatic carbocycles. The van der Waals surface area contributed by atoms with E-state index in [1.165, 1.54) is 0 Å². The number of hydrogen-bond acceptors (Lipinski definition) is 1. The Morgan fingerprint density at radius 2 is 2.00 bits per heavy atom. The third kappa shape index (κ3) is 7.05. The van der Waals surface area contributed by atoms with Crippen LogP contribution < -0.4 is 0 Å². The van der Waals surface area contributed by atoms with Crippen LogP contribution in [0, 0.1) is 29.1 Å². The predicted octanol–water partition coefficient (Wildman–Crippen LogP) is 1.95. The molecule has 0 spiro atoms. The maximum atomic E-state index is 8.11. The van der Waals surface area contributed by atoms with Crippen LogP contribution in [-0.2, 0) is 0 Å². The van der Waals surface area contributed by atoms with Crippen molar-refractivity contribution in [2.75, 3.05) is 0 Å². The lowest BCUT2D eigenvalue weighted by Crippen LogP contribution is -1.77. The molecule has 0 aromatic rings. The summed E-state index contributed by atoms with van der Waals surface area (Å²) in [6.45, 7) is 4.08. The van der Waals surface area contributed by atoms with Gasteiger partial charge in [0.15, 0.2) is 0 Å². The van der Waals surface area contributed by atoms with E-state index < -0.39 is 0 Å². The summed E-state index contributed by atoms with van der Waals surface area (Å²) >= 11 is 0. The zero-order valence-corrected chi connectivity index (χ0v) is 5.94. The SMILES string of the molecule is CC(C)C#CCCC#N. The molecule has 0 heterocycles. The molecule has 1 heteroatoms. The van der Waals surface area contributed by atoms with Crippen LogP contribution in [0.5, 0.6) is 0 Å². The lowest BCUT2D eigenvalue weighted by Gasteiger charge is -1.84. The molecule has 0 aromatic carbocycles. The average molecular weight is 121 g/mol. The van der Waals surface area contributed by atoms with E-state index in [2.05, 4.69) is 11.8 Å². The minimum Gasteiger partial charge on any atom is -0.198 e.